The summed E-state index contributed by atoms with van der Waals surface area (Å²) in [6.07, 6.45) is 1.53. The van der Waals surface area contributed by atoms with E-state index < -0.39 is 5.97 Å². The SMILES string of the molecule is COC(=O)c1c(-c2ccccc2)oc2cnc(OC)cc12. The lowest BCUT2D eigenvalue weighted by Crippen LogP contribution is -2.02. The van der Waals surface area contributed by atoms with Crippen LogP contribution in [0, 0.1) is 0 Å². The van der Waals surface area contributed by atoms with Crippen LogP contribution in [-0.2, 0) is 4.74 Å². The molecule has 0 radical (unpaired) electrons. The number of rotatable bonds is 3. The predicted octanol–water partition coefficient (Wildman–Crippen LogP) is 3.29. The molecule has 0 saturated carbocycles. The quantitative estimate of drug-likeness (QED) is 0.690. The van der Waals surface area contributed by atoms with Crippen LogP contribution in [0.5, 0.6) is 5.88 Å². The Morgan fingerprint density at radius 2 is 1.95 bits per heavy atom. The van der Waals surface area contributed by atoms with E-state index in [-0.39, 0.29) is 0 Å². The molecule has 5 nitrogen and oxygen atoms in total. The van der Waals surface area contributed by atoms with Crippen molar-refractivity contribution in [3.63, 3.8) is 0 Å². The highest BCUT2D eigenvalue weighted by atomic mass is 16.5. The molecule has 3 aromatic rings. The summed E-state index contributed by atoms with van der Waals surface area (Å²) in [5, 5.41) is 0.618. The van der Waals surface area contributed by atoms with Crippen LogP contribution in [0.15, 0.2) is 47.0 Å². The maximum atomic E-state index is 12.1. The Balaban J connectivity index is 2.31. The second-order valence-electron chi connectivity index (χ2n) is 4.39. The van der Waals surface area contributed by atoms with E-state index in [0.29, 0.717) is 28.2 Å². The zero-order chi connectivity index (χ0) is 14.8. The first-order valence-electron chi connectivity index (χ1n) is 6.35. The van der Waals surface area contributed by atoms with Gasteiger partial charge in [0.05, 0.1) is 20.4 Å². The van der Waals surface area contributed by atoms with Gasteiger partial charge in [-0.05, 0) is 0 Å². The van der Waals surface area contributed by atoms with Crippen LogP contribution >= 0.6 is 0 Å². The summed E-state index contributed by atoms with van der Waals surface area (Å²) in [6, 6.07) is 11.1. The van der Waals surface area contributed by atoms with Gasteiger partial charge in [-0.2, -0.15) is 0 Å². The van der Waals surface area contributed by atoms with Crippen molar-refractivity contribution in [2.45, 2.75) is 0 Å². The summed E-state index contributed by atoms with van der Waals surface area (Å²) < 4.78 is 15.8. The zero-order valence-corrected chi connectivity index (χ0v) is 11.6. The summed E-state index contributed by atoms with van der Waals surface area (Å²) in [5.74, 6) is 0.418. The molecule has 106 valence electrons. The van der Waals surface area contributed by atoms with Gasteiger partial charge in [0.2, 0.25) is 5.88 Å². The molecule has 0 bridgehead atoms. The van der Waals surface area contributed by atoms with E-state index in [4.69, 9.17) is 13.9 Å². The molecule has 21 heavy (non-hydrogen) atoms. The molecule has 5 heteroatoms. The van der Waals surface area contributed by atoms with Crippen molar-refractivity contribution in [3.05, 3.63) is 48.2 Å². The van der Waals surface area contributed by atoms with Crippen molar-refractivity contribution in [3.8, 4) is 17.2 Å². The number of ether oxygens (including phenoxy) is 2. The fourth-order valence-corrected chi connectivity index (χ4v) is 2.19. The van der Waals surface area contributed by atoms with Crippen LogP contribution in [0.25, 0.3) is 22.3 Å². The van der Waals surface area contributed by atoms with E-state index >= 15 is 0 Å². The molecule has 0 spiro atoms. The van der Waals surface area contributed by atoms with Gasteiger partial charge in [0.25, 0.3) is 0 Å². The number of benzene rings is 1. The highest BCUT2D eigenvalue weighted by molar-refractivity contribution is 6.08. The van der Waals surface area contributed by atoms with Crippen LogP contribution < -0.4 is 4.74 Å². The number of furan rings is 1. The van der Waals surface area contributed by atoms with Crippen LogP contribution in [0.2, 0.25) is 0 Å². The Labute approximate surface area is 121 Å². The van der Waals surface area contributed by atoms with Crippen molar-refractivity contribution in [2.24, 2.45) is 0 Å². The molecule has 0 saturated heterocycles. The third kappa shape index (κ3) is 2.23. The van der Waals surface area contributed by atoms with E-state index in [2.05, 4.69) is 4.98 Å². The van der Waals surface area contributed by atoms with Gasteiger partial charge in [0.1, 0.15) is 11.3 Å². The first-order chi connectivity index (χ1) is 10.2. The molecule has 0 unspecified atom stereocenters. The first kappa shape index (κ1) is 13.2. The highest BCUT2D eigenvalue weighted by Gasteiger charge is 2.23. The number of hydrogen-bond donors (Lipinski definition) is 0. The van der Waals surface area contributed by atoms with E-state index in [1.165, 1.54) is 20.4 Å². The molecular formula is C16H13NO4. The Morgan fingerprint density at radius 1 is 1.19 bits per heavy atom. The van der Waals surface area contributed by atoms with Crippen molar-refractivity contribution in [1.82, 2.24) is 4.98 Å². The van der Waals surface area contributed by atoms with Gasteiger partial charge in [-0.1, -0.05) is 30.3 Å². The molecule has 3 rings (SSSR count). The number of carbonyl (C=O) groups is 1. The lowest BCUT2D eigenvalue weighted by molar-refractivity contribution is 0.0603. The molecule has 1 aromatic carbocycles. The molecule has 0 fully saturated rings. The Kier molecular flexibility index (Phi) is 3.31. The second-order valence-corrected chi connectivity index (χ2v) is 4.39. The number of esters is 1. The van der Waals surface area contributed by atoms with Crippen LogP contribution in [0.3, 0.4) is 0 Å². The lowest BCUT2D eigenvalue weighted by Gasteiger charge is -2.01. The molecule has 0 amide bonds. The van der Waals surface area contributed by atoms with Gasteiger partial charge < -0.3 is 13.9 Å². The van der Waals surface area contributed by atoms with E-state index in [9.17, 15) is 4.79 Å². The Bertz CT molecular complexity index is 793. The average molecular weight is 283 g/mol. The first-order valence-corrected chi connectivity index (χ1v) is 6.35. The number of carbonyl (C=O) groups excluding carboxylic acids is 1. The van der Waals surface area contributed by atoms with Gasteiger partial charge in [-0.25, -0.2) is 9.78 Å². The number of methoxy groups -OCH3 is 2. The summed E-state index contributed by atoms with van der Waals surface area (Å²) in [6.45, 7) is 0. The summed E-state index contributed by atoms with van der Waals surface area (Å²) in [5.41, 5.74) is 1.68. The predicted molar refractivity (Wildman–Crippen MR) is 77.3 cm³/mol. The Morgan fingerprint density at radius 3 is 2.62 bits per heavy atom. The van der Waals surface area contributed by atoms with Crippen LogP contribution in [0.1, 0.15) is 10.4 Å². The maximum absolute atomic E-state index is 12.1. The van der Waals surface area contributed by atoms with E-state index in [1.807, 2.05) is 30.3 Å². The third-order valence-corrected chi connectivity index (χ3v) is 3.19. The number of fused-ring (bicyclic) bond motifs is 1. The minimum absolute atomic E-state index is 0.374. The highest BCUT2D eigenvalue weighted by Crippen LogP contribution is 2.34. The van der Waals surface area contributed by atoms with Crippen molar-refractivity contribution in [1.29, 1.82) is 0 Å². The normalized spacial score (nSPS) is 10.6. The summed E-state index contributed by atoms with van der Waals surface area (Å²) in [4.78, 5) is 16.2. The fraction of sp³-hybridized carbons (Fsp3) is 0.125. The van der Waals surface area contributed by atoms with Crippen LogP contribution in [-0.4, -0.2) is 25.2 Å². The molecule has 0 N–H and O–H groups in total. The molecule has 0 atom stereocenters. The largest absolute Gasteiger partial charge is 0.481 e. The second kappa shape index (κ2) is 5.28. The Hall–Kier alpha value is -2.82. The van der Waals surface area contributed by atoms with E-state index in [0.717, 1.165) is 5.56 Å². The number of pyridine rings is 1. The van der Waals surface area contributed by atoms with Gasteiger partial charge in [-0.3, -0.25) is 0 Å². The molecule has 0 aliphatic heterocycles. The van der Waals surface area contributed by atoms with Gasteiger partial charge in [0, 0.05) is 17.0 Å². The maximum Gasteiger partial charge on any atom is 0.342 e. The number of nitrogens with zero attached hydrogens (tertiary/aromatic N) is 1. The topological polar surface area (TPSA) is 61.6 Å². The molecule has 0 aliphatic rings. The standard InChI is InChI=1S/C16H13NO4/c1-19-13-8-11-12(9-17-13)21-15(14(11)16(18)20-2)10-6-4-3-5-7-10/h3-9H,1-2H3. The minimum atomic E-state index is -0.458. The van der Waals surface area contributed by atoms with Crippen molar-refractivity contribution < 1.29 is 18.7 Å². The van der Waals surface area contributed by atoms with Gasteiger partial charge in [0.15, 0.2) is 5.58 Å². The molecule has 2 aromatic heterocycles. The summed E-state index contributed by atoms with van der Waals surface area (Å²) >= 11 is 0. The van der Waals surface area contributed by atoms with Gasteiger partial charge in [-0.15, -0.1) is 0 Å². The number of aromatic nitrogens is 1. The van der Waals surface area contributed by atoms with Crippen molar-refractivity contribution >= 4 is 16.9 Å². The lowest BCUT2D eigenvalue weighted by atomic mass is 10.1. The fourth-order valence-electron chi connectivity index (χ4n) is 2.19. The minimum Gasteiger partial charge on any atom is -0.481 e. The molecule has 2 heterocycles. The summed E-state index contributed by atoms with van der Waals surface area (Å²) in [7, 11) is 2.86. The zero-order valence-electron chi connectivity index (χ0n) is 11.6. The molecule has 0 aliphatic carbocycles. The number of hydrogen-bond acceptors (Lipinski definition) is 5. The molecular weight excluding hydrogens is 270 g/mol. The monoisotopic (exact) mass is 283 g/mol. The van der Waals surface area contributed by atoms with Crippen molar-refractivity contribution in [2.75, 3.05) is 14.2 Å². The average Bonchev–Trinajstić information content (AvgIpc) is 2.93. The van der Waals surface area contributed by atoms with Gasteiger partial charge >= 0.3 is 5.97 Å². The smallest absolute Gasteiger partial charge is 0.342 e. The van der Waals surface area contributed by atoms with Crippen LogP contribution in [0.4, 0.5) is 0 Å². The van der Waals surface area contributed by atoms with E-state index in [1.54, 1.807) is 6.07 Å². The third-order valence-electron chi connectivity index (χ3n) is 3.19.